The van der Waals surface area contributed by atoms with E-state index in [-0.39, 0.29) is 6.42 Å². The number of carbonyl (C=O) groups is 2. The van der Waals surface area contributed by atoms with Gasteiger partial charge in [-0.05, 0) is 63.0 Å². The summed E-state index contributed by atoms with van der Waals surface area (Å²) in [5.41, 5.74) is 1.73. The minimum Gasteiger partial charge on any atom is -0.399 e. The van der Waals surface area contributed by atoms with Gasteiger partial charge in [0.1, 0.15) is 0 Å². The molecular weight excluding hydrogens is 445 g/mol. The molecule has 0 unspecified atom stereocenters. The second-order valence-corrected chi connectivity index (χ2v) is 10.7. The van der Waals surface area contributed by atoms with E-state index in [1.54, 1.807) is 36.4 Å². The molecule has 1 heterocycles. The minimum absolute atomic E-state index is 0.0886. The highest BCUT2D eigenvalue weighted by molar-refractivity contribution is 7.89. The van der Waals surface area contributed by atoms with Gasteiger partial charge in [-0.3, -0.25) is 9.52 Å². The molecule has 0 aromatic heterocycles. The highest BCUT2D eigenvalue weighted by atomic mass is 32.2. The molecule has 3 N–H and O–H groups in total. The molecule has 1 saturated heterocycles. The normalized spacial score (nSPS) is 16.8. The van der Waals surface area contributed by atoms with Crippen molar-refractivity contribution >= 4 is 45.9 Å². The summed E-state index contributed by atoms with van der Waals surface area (Å²) in [6, 6.07) is 13.3. The first-order valence-corrected chi connectivity index (χ1v) is 12.3. The lowest BCUT2D eigenvalue weighted by Gasteiger charge is -2.32. The minimum atomic E-state index is -3.59. The summed E-state index contributed by atoms with van der Waals surface area (Å²) in [7, 11) is -4.07. The molecule has 0 spiro atoms. The van der Waals surface area contributed by atoms with Gasteiger partial charge in [-0.15, -0.1) is 0 Å². The van der Waals surface area contributed by atoms with Crippen molar-refractivity contribution in [2.75, 3.05) is 16.9 Å². The van der Waals surface area contributed by atoms with Crippen molar-refractivity contribution in [2.45, 2.75) is 45.3 Å². The molecule has 3 rings (SSSR count). The Bertz CT molecular complexity index is 1120. The first-order chi connectivity index (χ1) is 15.2. The molecule has 1 aliphatic rings. The molecule has 11 heteroatoms. The van der Waals surface area contributed by atoms with E-state index in [0.29, 0.717) is 16.9 Å². The second-order valence-electron chi connectivity index (χ2n) is 8.96. The Balaban J connectivity index is 1.53. The molecule has 176 valence electrons. The molecule has 2 aromatic rings. The average molecular weight is 473 g/mol. The number of benzene rings is 2. The summed E-state index contributed by atoms with van der Waals surface area (Å²) >= 11 is 0. The van der Waals surface area contributed by atoms with Gasteiger partial charge in [0.25, 0.3) is 0 Å². The average Bonchev–Trinajstić information content (AvgIpc) is 2.89. The molecule has 9 nitrogen and oxygen atoms in total. The van der Waals surface area contributed by atoms with Gasteiger partial charge in [0.15, 0.2) is 0 Å². The number of hydrogen-bond donors (Lipinski definition) is 3. The van der Waals surface area contributed by atoms with E-state index in [4.69, 9.17) is 9.31 Å². The molecular formula is C22H28BN3O6S. The number of amides is 3. The summed E-state index contributed by atoms with van der Waals surface area (Å²) in [6.45, 7) is 7.96. The van der Waals surface area contributed by atoms with Crippen molar-refractivity contribution in [1.29, 1.82) is 0 Å². The lowest BCUT2D eigenvalue weighted by Crippen LogP contribution is -2.41. The predicted molar refractivity (Wildman–Crippen MR) is 128 cm³/mol. The zero-order chi connectivity index (χ0) is 24.4. The fourth-order valence-corrected chi connectivity index (χ4v) is 3.62. The zero-order valence-electron chi connectivity index (χ0n) is 19.3. The van der Waals surface area contributed by atoms with Crippen LogP contribution in [0.2, 0.25) is 0 Å². The SMILES string of the molecule is CC1(C)OB(c2ccc(NC(=O)Nc3ccc(CC(=O)NS(C)(=O)=O)cc3)cc2)OC1(C)C. The van der Waals surface area contributed by atoms with Crippen molar-refractivity contribution in [3.05, 3.63) is 54.1 Å². The number of rotatable bonds is 6. The van der Waals surface area contributed by atoms with Crippen LogP contribution in [0.15, 0.2) is 48.5 Å². The van der Waals surface area contributed by atoms with Crippen LogP contribution >= 0.6 is 0 Å². The van der Waals surface area contributed by atoms with E-state index >= 15 is 0 Å². The molecule has 2 aromatic carbocycles. The smallest absolute Gasteiger partial charge is 0.399 e. The Morgan fingerprint density at radius 2 is 1.30 bits per heavy atom. The lowest BCUT2D eigenvalue weighted by molar-refractivity contribution is -0.118. The van der Waals surface area contributed by atoms with Gasteiger partial charge in [-0.2, -0.15) is 0 Å². The standard InChI is InChI=1S/C22H28BN3O6S/c1-21(2)22(3,4)32-23(31-21)16-8-12-18(13-9-16)25-20(28)24-17-10-6-15(7-11-17)14-19(27)26-33(5,29)30/h6-13H,14H2,1-5H3,(H,26,27)(H2,24,25,28). The molecule has 0 bridgehead atoms. The predicted octanol–water partition coefficient (Wildman–Crippen LogP) is 2.25. The zero-order valence-corrected chi connectivity index (χ0v) is 20.1. The fraction of sp³-hybridized carbons (Fsp3) is 0.364. The maximum absolute atomic E-state index is 12.3. The highest BCUT2D eigenvalue weighted by Gasteiger charge is 2.51. The molecule has 1 fully saturated rings. The molecule has 33 heavy (non-hydrogen) atoms. The van der Waals surface area contributed by atoms with Crippen LogP contribution in [-0.4, -0.2) is 44.9 Å². The van der Waals surface area contributed by atoms with Crippen molar-refractivity contribution in [1.82, 2.24) is 4.72 Å². The Labute approximate surface area is 194 Å². The van der Waals surface area contributed by atoms with Gasteiger partial charge < -0.3 is 19.9 Å². The van der Waals surface area contributed by atoms with E-state index in [2.05, 4.69) is 10.6 Å². The number of anilines is 2. The van der Waals surface area contributed by atoms with E-state index in [0.717, 1.165) is 11.7 Å². The van der Waals surface area contributed by atoms with Gasteiger partial charge in [0, 0.05) is 11.4 Å². The van der Waals surface area contributed by atoms with E-state index in [9.17, 15) is 18.0 Å². The first-order valence-electron chi connectivity index (χ1n) is 10.4. The third kappa shape index (κ3) is 6.56. The Morgan fingerprint density at radius 1 is 0.848 bits per heavy atom. The maximum Gasteiger partial charge on any atom is 0.494 e. The number of carbonyl (C=O) groups excluding carboxylic acids is 2. The van der Waals surface area contributed by atoms with Crippen LogP contribution in [0.1, 0.15) is 33.3 Å². The summed E-state index contributed by atoms with van der Waals surface area (Å²) in [4.78, 5) is 24.0. The summed E-state index contributed by atoms with van der Waals surface area (Å²) in [5.74, 6) is -0.625. The lowest BCUT2D eigenvalue weighted by atomic mass is 9.79. The highest BCUT2D eigenvalue weighted by Crippen LogP contribution is 2.36. The van der Waals surface area contributed by atoms with Crippen molar-refractivity contribution in [3.63, 3.8) is 0 Å². The van der Waals surface area contributed by atoms with Crippen molar-refractivity contribution in [2.24, 2.45) is 0 Å². The maximum atomic E-state index is 12.3. The number of urea groups is 1. The Kier molecular flexibility index (Phi) is 6.87. The van der Waals surface area contributed by atoms with Gasteiger partial charge in [-0.25, -0.2) is 13.2 Å². The van der Waals surface area contributed by atoms with Crippen LogP contribution in [0.5, 0.6) is 0 Å². The third-order valence-electron chi connectivity index (χ3n) is 5.57. The first kappa shape index (κ1) is 24.8. The monoisotopic (exact) mass is 473 g/mol. The number of sulfonamides is 1. The molecule has 0 saturated carbocycles. The van der Waals surface area contributed by atoms with E-state index in [1.165, 1.54) is 0 Å². The van der Waals surface area contributed by atoms with Gasteiger partial charge in [0.2, 0.25) is 15.9 Å². The van der Waals surface area contributed by atoms with E-state index < -0.39 is 40.3 Å². The van der Waals surface area contributed by atoms with Gasteiger partial charge in [-0.1, -0.05) is 24.3 Å². The van der Waals surface area contributed by atoms with Crippen LogP contribution in [-0.2, 0) is 30.5 Å². The summed E-state index contributed by atoms with van der Waals surface area (Å²) in [6.07, 6.45) is 0.830. The molecule has 0 atom stereocenters. The summed E-state index contributed by atoms with van der Waals surface area (Å²) in [5, 5.41) is 5.46. The van der Waals surface area contributed by atoms with Crippen LogP contribution in [0.4, 0.5) is 16.2 Å². The van der Waals surface area contributed by atoms with Crippen molar-refractivity contribution < 1.29 is 27.3 Å². The van der Waals surface area contributed by atoms with Gasteiger partial charge >= 0.3 is 13.1 Å². The topological polar surface area (TPSA) is 123 Å². The Hall–Kier alpha value is -2.89. The van der Waals surface area contributed by atoms with Crippen LogP contribution in [0.3, 0.4) is 0 Å². The van der Waals surface area contributed by atoms with Crippen molar-refractivity contribution in [3.8, 4) is 0 Å². The van der Waals surface area contributed by atoms with E-state index in [1.807, 2.05) is 44.5 Å². The van der Waals surface area contributed by atoms with Gasteiger partial charge in [0.05, 0.1) is 23.9 Å². The number of nitrogens with one attached hydrogen (secondary N) is 3. The molecule has 0 aliphatic carbocycles. The van der Waals surface area contributed by atoms with Crippen LogP contribution < -0.4 is 20.8 Å². The van der Waals surface area contributed by atoms with Crippen LogP contribution in [0, 0.1) is 0 Å². The second kappa shape index (κ2) is 9.16. The number of hydrogen-bond acceptors (Lipinski definition) is 6. The molecule has 3 amide bonds. The van der Waals surface area contributed by atoms with Crippen LogP contribution in [0.25, 0.3) is 0 Å². The third-order valence-corrected chi connectivity index (χ3v) is 6.17. The fourth-order valence-electron chi connectivity index (χ4n) is 3.13. The largest absolute Gasteiger partial charge is 0.494 e. The summed E-state index contributed by atoms with van der Waals surface area (Å²) < 4.78 is 36.2. The molecule has 1 aliphatic heterocycles. The Morgan fingerprint density at radius 3 is 1.76 bits per heavy atom. The molecule has 0 radical (unpaired) electrons. The quantitative estimate of drug-likeness (QED) is 0.554.